The van der Waals surface area contributed by atoms with Crippen LogP contribution in [0, 0.1) is 13.8 Å². The van der Waals surface area contributed by atoms with Crippen LogP contribution in [0.2, 0.25) is 5.02 Å². The fourth-order valence-electron chi connectivity index (χ4n) is 3.77. The maximum atomic E-state index is 13.2. The van der Waals surface area contributed by atoms with Crippen LogP contribution in [0.5, 0.6) is 0 Å². The molecule has 7 heteroatoms. The summed E-state index contributed by atoms with van der Waals surface area (Å²) in [4.78, 5) is 30.7. The van der Waals surface area contributed by atoms with Gasteiger partial charge in [-0.05, 0) is 50.5 Å². The van der Waals surface area contributed by atoms with Gasteiger partial charge in [0.2, 0.25) is 0 Å². The number of Topliss-reactive ketones (excluding diaryl/α,β-unsaturated/α-hetero) is 1. The van der Waals surface area contributed by atoms with Crippen LogP contribution >= 0.6 is 23.4 Å². The van der Waals surface area contributed by atoms with Gasteiger partial charge in [0.1, 0.15) is 0 Å². The third-order valence-electron chi connectivity index (χ3n) is 5.31. The molecule has 4 rings (SSSR count). The first-order chi connectivity index (χ1) is 14.4. The van der Waals surface area contributed by atoms with Crippen molar-refractivity contribution in [1.29, 1.82) is 0 Å². The monoisotopic (exact) mass is 442 g/mol. The zero-order valence-electron chi connectivity index (χ0n) is 17.0. The van der Waals surface area contributed by atoms with Crippen LogP contribution in [0.1, 0.15) is 34.3 Å². The molecule has 0 unspecified atom stereocenters. The van der Waals surface area contributed by atoms with Crippen LogP contribution in [-0.2, 0) is 11.3 Å². The van der Waals surface area contributed by atoms with Gasteiger partial charge in [0.05, 0.1) is 29.3 Å². The number of thioether (sulfide) groups is 1. The summed E-state index contributed by atoms with van der Waals surface area (Å²) >= 11 is 7.39. The molecule has 1 saturated heterocycles. The summed E-state index contributed by atoms with van der Waals surface area (Å²) < 4.78 is 7.38. The summed E-state index contributed by atoms with van der Waals surface area (Å²) in [6.45, 7) is 5.09. The molecule has 0 aliphatic carbocycles. The average Bonchev–Trinajstić information content (AvgIpc) is 3.21. The Labute approximate surface area is 184 Å². The molecule has 0 N–H and O–H groups in total. The standard InChI is InChI=1S/C23H23ClN2O3S/c1-14-5-7-18(15(2)10-14)21(27)13-30-23-25-20-11-16(24)6-8-19(20)22(28)26(23)12-17-4-3-9-29-17/h5-8,10-11,17H,3-4,9,12-13H2,1-2H3/t17-/m1/s1. The molecule has 156 valence electrons. The van der Waals surface area contributed by atoms with Gasteiger partial charge in [-0.15, -0.1) is 0 Å². The second-order valence-corrected chi connectivity index (χ2v) is 9.02. The molecule has 2 aromatic carbocycles. The van der Waals surface area contributed by atoms with Crippen LogP contribution in [0.4, 0.5) is 0 Å². The molecule has 0 radical (unpaired) electrons. The minimum Gasteiger partial charge on any atom is -0.376 e. The van der Waals surface area contributed by atoms with E-state index in [-0.39, 0.29) is 23.2 Å². The van der Waals surface area contributed by atoms with Gasteiger partial charge in [0.25, 0.3) is 5.56 Å². The van der Waals surface area contributed by atoms with Crippen LogP contribution in [-0.4, -0.2) is 33.8 Å². The SMILES string of the molecule is Cc1ccc(C(=O)CSc2nc3cc(Cl)ccc3c(=O)n2C[C@H]2CCCO2)c(C)c1. The van der Waals surface area contributed by atoms with Crippen LogP contribution in [0.25, 0.3) is 10.9 Å². The smallest absolute Gasteiger partial charge is 0.262 e. The third-order valence-corrected chi connectivity index (χ3v) is 6.52. The normalized spacial score (nSPS) is 16.3. The first-order valence-corrected chi connectivity index (χ1v) is 11.3. The van der Waals surface area contributed by atoms with E-state index >= 15 is 0 Å². The van der Waals surface area contributed by atoms with E-state index in [4.69, 9.17) is 16.3 Å². The van der Waals surface area contributed by atoms with E-state index in [1.807, 2.05) is 32.0 Å². The first kappa shape index (κ1) is 21.1. The van der Waals surface area contributed by atoms with Crippen molar-refractivity contribution < 1.29 is 9.53 Å². The quantitative estimate of drug-likeness (QED) is 0.311. The number of fused-ring (bicyclic) bond motifs is 1. The molecule has 1 aliphatic heterocycles. The Morgan fingerprint density at radius 3 is 2.83 bits per heavy atom. The molecule has 0 amide bonds. The Balaban J connectivity index is 1.67. The molecule has 1 aromatic heterocycles. The summed E-state index contributed by atoms with van der Waals surface area (Å²) in [7, 11) is 0. The molecule has 5 nitrogen and oxygen atoms in total. The summed E-state index contributed by atoms with van der Waals surface area (Å²) in [5.41, 5.74) is 3.18. The summed E-state index contributed by atoms with van der Waals surface area (Å²) in [6, 6.07) is 10.9. The molecule has 1 aliphatic rings. The van der Waals surface area contributed by atoms with E-state index in [1.54, 1.807) is 22.8 Å². The zero-order valence-corrected chi connectivity index (χ0v) is 18.6. The topological polar surface area (TPSA) is 61.2 Å². The number of carbonyl (C=O) groups excluding carboxylic acids is 1. The van der Waals surface area contributed by atoms with Gasteiger partial charge in [-0.2, -0.15) is 0 Å². The minimum atomic E-state index is -0.131. The third kappa shape index (κ3) is 4.46. The highest BCUT2D eigenvalue weighted by molar-refractivity contribution is 7.99. The van der Waals surface area contributed by atoms with Crippen LogP contribution < -0.4 is 5.56 Å². The van der Waals surface area contributed by atoms with E-state index in [2.05, 4.69) is 4.98 Å². The van der Waals surface area contributed by atoms with E-state index in [0.29, 0.717) is 39.8 Å². The molecule has 0 saturated carbocycles. The predicted molar refractivity (Wildman–Crippen MR) is 121 cm³/mol. The maximum Gasteiger partial charge on any atom is 0.262 e. The number of hydrogen-bond donors (Lipinski definition) is 0. The fraction of sp³-hybridized carbons (Fsp3) is 0.348. The number of ketones is 1. The van der Waals surface area contributed by atoms with E-state index in [1.165, 1.54) is 11.8 Å². The van der Waals surface area contributed by atoms with Crippen molar-refractivity contribution in [2.24, 2.45) is 0 Å². The Hall–Kier alpha value is -2.15. The van der Waals surface area contributed by atoms with E-state index in [0.717, 1.165) is 24.0 Å². The number of rotatable bonds is 6. The first-order valence-electron chi connectivity index (χ1n) is 9.97. The van der Waals surface area contributed by atoms with Crippen molar-refractivity contribution in [3.63, 3.8) is 0 Å². The molecular formula is C23H23ClN2O3S. The number of carbonyl (C=O) groups is 1. The summed E-state index contributed by atoms with van der Waals surface area (Å²) in [6.07, 6.45) is 1.89. The van der Waals surface area contributed by atoms with Gasteiger partial charge < -0.3 is 4.74 Å². The second kappa shape index (κ2) is 8.92. The largest absolute Gasteiger partial charge is 0.376 e. The van der Waals surface area contributed by atoms with Gasteiger partial charge in [-0.3, -0.25) is 14.2 Å². The Morgan fingerprint density at radius 2 is 2.10 bits per heavy atom. The van der Waals surface area contributed by atoms with Crippen molar-refractivity contribution in [3.8, 4) is 0 Å². The molecule has 2 heterocycles. The van der Waals surface area contributed by atoms with E-state index < -0.39 is 0 Å². The van der Waals surface area contributed by atoms with Gasteiger partial charge >= 0.3 is 0 Å². The molecule has 1 fully saturated rings. The van der Waals surface area contributed by atoms with Crippen molar-refractivity contribution in [3.05, 3.63) is 68.5 Å². The number of halogens is 1. The minimum absolute atomic E-state index is 0.0105. The number of nitrogens with zero attached hydrogens (tertiary/aromatic N) is 2. The van der Waals surface area contributed by atoms with Gasteiger partial charge in [-0.25, -0.2) is 4.98 Å². The van der Waals surface area contributed by atoms with Gasteiger partial charge in [-0.1, -0.05) is 47.1 Å². The van der Waals surface area contributed by atoms with Gasteiger partial charge in [0.15, 0.2) is 10.9 Å². The summed E-state index contributed by atoms with van der Waals surface area (Å²) in [5, 5.41) is 1.56. The predicted octanol–water partition coefficient (Wildman–Crippen LogP) is 4.82. The van der Waals surface area contributed by atoms with Crippen molar-refractivity contribution >= 4 is 40.0 Å². The summed E-state index contributed by atoms with van der Waals surface area (Å²) in [5.74, 6) is 0.218. The lowest BCUT2D eigenvalue weighted by Gasteiger charge is -2.16. The van der Waals surface area contributed by atoms with Crippen LogP contribution in [0.3, 0.4) is 0 Å². The Bertz CT molecular complexity index is 1170. The van der Waals surface area contributed by atoms with Crippen molar-refractivity contribution in [2.45, 2.75) is 44.5 Å². The molecule has 1 atom stereocenters. The zero-order chi connectivity index (χ0) is 21.3. The lowest BCUT2D eigenvalue weighted by molar-refractivity contribution is 0.0937. The maximum absolute atomic E-state index is 13.2. The number of aryl methyl sites for hydroxylation is 2. The molecule has 0 bridgehead atoms. The highest BCUT2D eigenvalue weighted by Gasteiger charge is 2.21. The lowest BCUT2D eigenvalue weighted by atomic mass is 10.0. The fourth-order valence-corrected chi connectivity index (χ4v) is 4.83. The lowest BCUT2D eigenvalue weighted by Crippen LogP contribution is -2.29. The molecule has 30 heavy (non-hydrogen) atoms. The van der Waals surface area contributed by atoms with Crippen LogP contribution in [0.15, 0.2) is 46.3 Å². The molecule has 0 spiro atoms. The molecular weight excluding hydrogens is 420 g/mol. The Kier molecular flexibility index (Phi) is 6.27. The number of hydrogen-bond acceptors (Lipinski definition) is 5. The van der Waals surface area contributed by atoms with E-state index in [9.17, 15) is 9.59 Å². The van der Waals surface area contributed by atoms with Crippen molar-refractivity contribution in [2.75, 3.05) is 12.4 Å². The average molecular weight is 443 g/mol. The van der Waals surface area contributed by atoms with Crippen molar-refractivity contribution in [1.82, 2.24) is 9.55 Å². The highest BCUT2D eigenvalue weighted by atomic mass is 35.5. The number of aromatic nitrogens is 2. The highest BCUT2D eigenvalue weighted by Crippen LogP contribution is 2.24. The van der Waals surface area contributed by atoms with Gasteiger partial charge in [0, 0.05) is 17.2 Å². The number of ether oxygens (including phenoxy) is 1. The second-order valence-electron chi connectivity index (χ2n) is 7.64. The number of benzene rings is 2. The molecule has 3 aromatic rings. The Morgan fingerprint density at radius 1 is 1.27 bits per heavy atom.